The Kier molecular flexibility index (Phi) is 5.44. The molecule has 0 bridgehead atoms. The fourth-order valence-electron chi connectivity index (χ4n) is 2.22. The third-order valence-electron chi connectivity index (χ3n) is 3.35. The minimum absolute atomic E-state index is 0.169. The number of nitrogens with zero attached hydrogens (tertiary/aromatic N) is 4. The molecule has 0 saturated carbocycles. The number of benzene rings is 1. The van der Waals surface area contributed by atoms with Gasteiger partial charge in [0.1, 0.15) is 5.82 Å². The lowest BCUT2D eigenvalue weighted by molar-refractivity contribution is -0.113. The van der Waals surface area contributed by atoms with Crippen molar-refractivity contribution in [2.45, 2.75) is 25.5 Å². The van der Waals surface area contributed by atoms with Crippen LogP contribution in [0.4, 0.5) is 9.52 Å². The van der Waals surface area contributed by atoms with E-state index in [4.69, 9.17) is 0 Å². The van der Waals surface area contributed by atoms with E-state index in [1.54, 1.807) is 22.8 Å². The van der Waals surface area contributed by atoms with Crippen molar-refractivity contribution in [1.29, 1.82) is 0 Å². The average Bonchev–Trinajstić information content (AvgIpc) is 3.19. The largest absolute Gasteiger partial charge is 0.302 e. The summed E-state index contributed by atoms with van der Waals surface area (Å²) in [6, 6.07) is 6.44. The van der Waals surface area contributed by atoms with Gasteiger partial charge in [0.05, 0.1) is 17.0 Å². The highest BCUT2D eigenvalue weighted by atomic mass is 32.2. The summed E-state index contributed by atoms with van der Waals surface area (Å²) < 4.78 is 15.8. The van der Waals surface area contributed by atoms with Crippen LogP contribution < -0.4 is 5.32 Å². The van der Waals surface area contributed by atoms with Crippen LogP contribution in [0.15, 0.2) is 34.8 Å². The van der Waals surface area contributed by atoms with Crippen molar-refractivity contribution in [1.82, 2.24) is 19.7 Å². The van der Waals surface area contributed by atoms with E-state index in [-0.39, 0.29) is 17.5 Å². The molecule has 2 aromatic heterocycles. The summed E-state index contributed by atoms with van der Waals surface area (Å²) in [7, 11) is 0. The van der Waals surface area contributed by atoms with Crippen molar-refractivity contribution in [3.8, 4) is 11.4 Å². The third-order valence-corrected chi connectivity index (χ3v) is 5.19. The predicted molar refractivity (Wildman–Crippen MR) is 97.3 cm³/mol. The number of thioether (sulfide) groups is 1. The van der Waals surface area contributed by atoms with Gasteiger partial charge in [-0.3, -0.25) is 4.79 Å². The van der Waals surface area contributed by atoms with Crippen LogP contribution in [0.2, 0.25) is 0 Å². The molecule has 0 fully saturated rings. The number of carbonyl (C=O) groups excluding carboxylic acids is 1. The summed E-state index contributed by atoms with van der Waals surface area (Å²) >= 11 is 2.64. The fraction of sp³-hybridized carbons (Fsp3) is 0.250. The molecule has 0 aliphatic carbocycles. The first-order chi connectivity index (χ1) is 12.1. The summed E-state index contributed by atoms with van der Waals surface area (Å²) in [6.45, 7) is 4.37. The SMILES string of the molecule is CCn1c(SCC(=O)Nc2nc(C)cs2)nnc1-c1ccccc1F. The van der Waals surface area contributed by atoms with Crippen molar-refractivity contribution in [2.24, 2.45) is 0 Å². The van der Waals surface area contributed by atoms with Gasteiger partial charge in [-0.15, -0.1) is 21.5 Å². The van der Waals surface area contributed by atoms with Crippen LogP contribution in [0, 0.1) is 12.7 Å². The van der Waals surface area contributed by atoms with Gasteiger partial charge in [0.15, 0.2) is 16.1 Å². The maximum atomic E-state index is 14.0. The van der Waals surface area contributed by atoms with Gasteiger partial charge < -0.3 is 9.88 Å². The van der Waals surface area contributed by atoms with Gasteiger partial charge in [-0.05, 0) is 26.0 Å². The number of aromatic nitrogens is 4. The molecule has 1 amide bonds. The fourth-order valence-corrected chi connectivity index (χ4v) is 3.73. The van der Waals surface area contributed by atoms with E-state index in [9.17, 15) is 9.18 Å². The third kappa shape index (κ3) is 4.05. The zero-order valence-electron chi connectivity index (χ0n) is 13.7. The van der Waals surface area contributed by atoms with E-state index in [0.29, 0.717) is 28.2 Å². The molecule has 1 aromatic carbocycles. The molecule has 0 spiro atoms. The summed E-state index contributed by atoms with van der Waals surface area (Å²) in [6.07, 6.45) is 0. The molecular weight excluding hydrogens is 361 g/mol. The van der Waals surface area contributed by atoms with Crippen LogP contribution in [0.5, 0.6) is 0 Å². The van der Waals surface area contributed by atoms with Crippen molar-refractivity contribution in [3.05, 3.63) is 41.2 Å². The molecular formula is C16H16FN5OS2. The lowest BCUT2D eigenvalue weighted by atomic mass is 10.2. The van der Waals surface area contributed by atoms with Gasteiger partial charge in [0.2, 0.25) is 5.91 Å². The van der Waals surface area contributed by atoms with E-state index >= 15 is 0 Å². The monoisotopic (exact) mass is 377 g/mol. The minimum Gasteiger partial charge on any atom is -0.302 e. The van der Waals surface area contributed by atoms with E-state index < -0.39 is 0 Å². The van der Waals surface area contributed by atoms with Crippen LogP contribution in [0.3, 0.4) is 0 Å². The Balaban J connectivity index is 1.71. The smallest absolute Gasteiger partial charge is 0.236 e. The van der Waals surface area contributed by atoms with Gasteiger partial charge in [-0.2, -0.15) is 0 Å². The van der Waals surface area contributed by atoms with Crippen LogP contribution in [-0.2, 0) is 11.3 Å². The molecule has 1 N–H and O–H groups in total. The average molecular weight is 377 g/mol. The molecule has 0 aliphatic rings. The van der Waals surface area contributed by atoms with Gasteiger partial charge in [0, 0.05) is 11.9 Å². The highest BCUT2D eigenvalue weighted by molar-refractivity contribution is 7.99. The van der Waals surface area contributed by atoms with Crippen molar-refractivity contribution in [2.75, 3.05) is 11.1 Å². The summed E-state index contributed by atoms with van der Waals surface area (Å²) in [4.78, 5) is 16.2. The number of thiazole rings is 1. The number of amides is 1. The molecule has 3 rings (SSSR count). The molecule has 0 unspecified atom stereocenters. The summed E-state index contributed by atoms with van der Waals surface area (Å²) in [5, 5.41) is 14.0. The second-order valence-corrected chi connectivity index (χ2v) is 6.96. The highest BCUT2D eigenvalue weighted by Crippen LogP contribution is 2.26. The standard InChI is InChI=1S/C16H16FN5OS2/c1-3-22-14(11-6-4-5-7-12(11)17)20-21-16(22)25-9-13(23)19-15-18-10(2)8-24-15/h4-8H,3,9H2,1-2H3,(H,18,19,23). The molecule has 0 radical (unpaired) electrons. The zero-order valence-corrected chi connectivity index (χ0v) is 15.3. The highest BCUT2D eigenvalue weighted by Gasteiger charge is 2.17. The second kappa shape index (κ2) is 7.75. The molecule has 0 aliphatic heterocycles. The number of halogens is 1. The number of nitrogens with one attached hydrogen (secondary N) is 1. The number of hydrogen-bond donors (Lipinski definition) is 1. The Morgan fingerprint density at radius 3 is 2.84 bits per heavy atom. The van der Waals surface area contributed by atoms with Crippen LogP contribution in [0.25, 0.3) is 11.4 Å². The number of anilines is 1. The Morgan fingerprint density at radius 2 is 2.16 bits per heavy atom. The van der Waals surface area contributed by atoms with Gasteiger partial charge in [0.25, 0.3) is 0 Å². The normalized spacial score (nSPS) is 10.8. The topological polar surface area (TPSA) is 72.7 Å². The van der Waals surface area contributed by atoms with Crippen molar-refractivity contribution in [3.63, 3.8) is 0 Å². The second-order valence-electron chi connectivity index (χ2n) is 5.16. The number of rotatable bonds is 6. The number of aryl methyl sites for hydroxylation is 1. The summed E-state index contributed by atoms with van der Waals surface area (Å²) in [5.41, 5.74) is 1.26. The Labute approximate surface area is 152 Å². The lowest BCUT2D eigenvalue weighted by Crippen LogP contribution is -2.14. The molecule has 25 heavy (non-hydrogen) atoms. The zero-order chi connectivity index (χ0) is 17.8. The molecule has 2 heterocycles. The van der Waals surface area contributed by atoms with Crippen LogP contribution >= 0.6 is 23.1 Å². The Bertz CT molecular complexity index is 892. The maximum Gasteiger partial charge on any atom is 0.236 e. The van der Waals surface area contributed by atoms with E-state index in [0.717, 1.165) is 5.69 Å². The molecule has 6 nitrogen and oxygen atoms in total. The van der Waals surface area contributed by atoms with Gasteiger partial charge >= 0.3 is 0 Å². The van der Waals surface area contributed by atoms with Crippen molar-refractivity contribution < 1.29 is 9.18 Å². The lowest BCUT2D eigenvalue weighted by Gasteiger charge is -2.07. The van der Waals surface area contributed by atoms with E-state index in [1.807, 2.05) is 19.2 Å². The predicted octanol–water partition coefficient (Wildman–Crippen LogP) is 3.60. The first kappa shape index (κ1) is 17.6. The first-order valence-corrected chi connectivity index (χ1v) is 9.48. The molecule has 9 heteroatoms. The molecule has 3 aromatic rings. The maximum absolute atomic E-state index is 14.0. The minimum atomic E-state index is -0.349. The number of carbonyl (C=O) groups is 1. The molecule has 0 atom stereocenters. The van der Waals surface area contributed by atoms with Crippen LogP contribution in [0.1, 0.15) is 12.6 Å². The Morgan fingerprint density at radius 1 is 1.36 bits per heavy atom. The number of hydrogen-bond acceptors (Lipinski definition) is 6. The van der Waals surface area contributed by atoms with Gasteiger partial charge in [-0.1, -0.05) is 23.9 Å². The summed E-state index contributed by atoms with van der Waals surface area (Å²) in [5.74, 6) is 0.114. The quantitative estimate of drug-likeness (QED) is 0.665. The van der Waals surface area contributed by atoms with Crippen LogP contribution in [-0.4, -0.2) is 31.4 Å². The van der Waals surface area contributed by atoms with E-state index in [1.165, 1.54) is 29.2 Å². The molecule has 130 valence electrons. The van der Waals surface area contributed by atoms with E-state index in [2.05, 4.69) is 20.5 Å². The van der Waals surface area contributed by atoms with Crippen molar-refractivity contribution >= 4 is 34.1 Å². The molecule has 0 saturated heterocycles. The first-order valence-electron chi connectivity index (χ1n) is 7.61. The van der Waals surface area contributed by atoms with Gasteiger partial charge in [-0.25, -0.2) is 9.37 Å². The Hall–Kier alpha value is -2.26.